The third-order valence-corrected chi connectivity index (χ3v) is 4.30. The number of carbonyl (C=O) groups excluding carboxylic acids is 1. The zero-order chi connectivity index (χ0) is 16.7. The first kappa shape index (κ1) is 14.5. The first-order valence-electron chi connectivity index (χ1n) is 7.20. The summed E-state index contributed by atoms with van der Waals surface area (Å²) in [5.41, 5.74) is 2.81. The second-order valence-corrected chi connectivity index (χ2v) is 6.07. The van der Waals surface area contributed by atoms with E-state index < -0.39 is 11.5 Å². The zero-order valence-electron chi connectivity index (χ0n) is 12.6. The lowest BCUT2D eigenvalue weighted by atomic mass is 10.2. The highest BCUT2D eigenvalue weighted by Gasteiger charge is 2.19. The van der Waals surface area contributed by atoms with Crippen LogP contribution in [0.15, 0.2) is 40.8 Å². The van der Waals surface area contributed by atoms with Crippen LogP contribution in [0.4, 0.5) is 0 Å². The van der Waals surface area contributed by atoms with Gasteiger partial charge in [0.1, 0.15) is 5.51 Å². The molecular weight excluding hydrogens is 328 g/mol. The van der Waals surface area contributed by atoms with Crippen LogP contribution in [0.1, 0.15) is 29.1 Å². The number of fused-ring (bicyclic) bond motifs is 2. The van der Waals surface area contributed by atoms with Gasteiger partial charge in [-0.25, -0.2) is 14.5 Å². The van der Waals surface area contributed by atoms with Crippen molar-refractivity contribution in [3.63, 3.8) is 0 Å². The second-order valence-electron chi connectivity index (χ2n) is 5.26. The van der Waals surface area contributed by atoms with Crippen LogP contribution in [-0.2, 0) is 0 Å². The number of rotatable bonds is 3. The minimum Gasteiger partial charge on any atom is -0.342 e. The molecule has 0 saturated carbocycles. The van der Waals surface area contributed by atoms with Gasteiger partial charge in [0, 0.05) is 0 Å². The smallest absolute Gasteiger partial charge is 0.280 e. The Labute approximate surface area is 139 Å². The van der Waals surface area contributed by atoms with Crippen LogP contribution < -0.4 is 10.9 Å². The molecule has 8 nitrogen and oxygen atoms in total. The molecular formula is C15H12N6O2S. The molecule has 4 rings (SSSR count). The van der Waals surface area contributed by atoms with Crippen molar-refractivity contribution in [1.82, 2.24) is 29.9 Å². The van der Waals surface area contributed by atoms with Gasteiger partial charge in [-0.3, -0.25) is 9.59 Å². The Morgan fingerprint density at radius 2 is 2.17 bits per heavy atom. The Bertz CT molecular complexity index is 1080. The number of hydrogen-bond donors (Lipinski definition) is 2. The van der Waals surface area contributed by atoms with Crippen LogP contribution in [0, 0.1) is 0 Å². The molecule has 1 atom stereocenters. The van der Waals surface area contributed by atoms with Crippen molar-refractivity contribution in [2.75, 3.05) is 0 Å². The molecule has 3 aromatic heterocycles. The summed E-state index contributed by atoms with van der Waals surface area (Å²) in [4.78, 5) is 36.4. The number of benzene rings is 1. The molecule has 2 N–H and O–H groups in total. The van der Waals surface area contributed by atoms with Gasteiger partial charge in [-0.05, 0) is 19.1 Å². The third-order valence-electron chi connectivity index (χ3n) is 3.61. The normalized spacial score (nSPS) is 12.5. The molecule has 4 aromatic rings. The maximum atomic E-state index is 12.4. The minimum absolute atomic E-state index is 0.167. The Kier molecular flexibility index (Phi) is 3.35. The summed E-state index contributed by atoms with van der Waals surface area (Å²) < 4.78 is 1.64. The summed E-state index contributed by atoms with van der Waals surface area (Å²) in [7, 11) is 0. The highest BCUT2D eigenvalue weighted by atomic mass is 32.1. The van der Waals surface area contributed by atoms with Crippen molar-refractivity contribution in [2.24, 2.45) is 0 Å². The monoisotopic (exact) mass is 340 g/mol. The Balaban J connectivity index is 1.62. The number of aromatic amines is 1. The highest BCUT2D eigenvalue weighted by molar-refractivity contribution is 7.14. The molecule has 1 amide bonds. The van der Waals surface area contributed by atoms with E-state index in [1.165, 1.54) is 11.3 Å². The molecule has 0 aliphatic carbocycles. The number of amides is 1. The van der Waals surface area contributed by atoms with Gasteiger partial charge in [0.05, 0.1) is 29.0 Å². The lowest BCUT2D eigenvalue weighted by molar-refractivity contribution is 0.0933. The SMILES string of the molecule is CC(NC(=O)c1nc2ccccc2[nH]c1=O)c1cn2ncsc2n1. The number of hydrogen-bond acceptors (Lipinski definition) is 6. The molecule has 0 bridgehead atoms. The molecule has 0 radical (unpaired) electrons. The molecule has 1 unspecified atom stereocenters. The summed E-state index contributed by atoms with van der Waals surface area (Å²) in [5.74, 6) is -0.543. The summed E-state index contributed by atoms with van der Waals surface area (Å²) in [5, 5.41) is 6.85. The van der Waals surface area contributed by atoms with Crippen molar-refractivity contribution < 1.29 is 4.79 Å². The molecule has 0 saturated heterocycles. The average molecular weight is 340 g/mol. The van der Waals surface area contributed by atoms with Gasteiger partial charge in [-0.1, -0.05) is 23.5 Å². The van der Waals surface area contributed by atoms with Crippen molar-refractivity contribution >= 4 is 33.2 Å². The molecule has 1 aromatic carbocycles. The highest BCUT2D eigenvalue weighted by Crippen LogP contribution is 2.15. The summed E-state index contributed by atoms with van der Waals surface area (Å²) >= 11 is 1.41. The van der Waals surface area contributed by atoms with Gasteiger partial charge in [0.25, 0.3) is 11.5 Å². The molecule has 24 heavy (non-hydrogen) atoms. The van der Waals surface area contributed by atoms with Crippen LogP contribution in [0.5, 0.6) is 0 Å². The fourth-order valence-electron chi connectivity index (χ4n) is 2.39. The van der Waals surface area contributed by atoms with Crippen molar-refractivity contribution in [1.29, 1.82) is 0 Å². The number of nitrogens with one attached hydrogen (secondary N) is 2. The van der Waals surface area contributed by atoms with E-state index >= 15 is 0 Å². The van der Waals surface area contributed by atoms with Crippen molar-refractivity contribution in [3.05, 3.63) is 57.7 Å². The predicted molar refractivity (Wildman–Crippen MR) is 89.1 cm³/mol. The van der Waals surface area contributed by atoms with Crippen LogP contribution in [-0.4, -0.2) is 30.5 Å². The van der Waals surface area contributed by atoms with E-state index in [0.717, 1.165) is 4.96 Å². The van der Waals surface area contributed by atoms with E-state index in [9.17, 15) is 9.59 Å². The van der Waals surface area contributed by atoms with Gasteiger partial charge in [-0.2, -0.15) is 5.10 Å². The van der Waals surface area contributed by atoms with Gasteiger partial charge >= 0.3 is 0 Å². The Hall–Kier alpha value is -3.07. The molecule has 9 heteroatoms. The quantitative estimate of drug-likeness (QED) is 0.588. The van der Waals surface area contributed by atoms with E-state index in [1.807, 2.05) is 0 Å². The van der Waals surface area contributed by atoms with Crippen LogP contribution in [0.3, 0.4) is 0 Å². The van der Waals surface area contributed by atoms with Gasteiger partial charge < -0.3 is 10.3 Å². The van der Waals surface area contributed by atoms with E-state index in [1.54, 1.807) is 47.4 Å². The van der Waals surface area contributed by atoms with E-state index in [4.69, 9.17) is 0 Å². The number of carbonyl (C=O) groups is 1. The first-order valence-corrected chi connectivity index (χ1v) is 8.08. The Morgan fingerprint density at radius 1 is 1.33 bits per heavy atom. The number of H-pyrrole nitrogens is 1. The molecule has 0 aliphatic heterocycles. The molecule has 120 valence electrons. The number of imidazole rings is 1. The molecule has 0 fully saturated rings. The largest absolute Gasteiger partial charge is 0.342 e. The van der Waals surface area contributed by atoms with E-state index in [2.05, 4.69) is 25.4 Å². The first-order chi connectivity index (χ1) is 11.6. The van der Waals surface area contributed by atoms with Crippen LogP contribution in [0.25, 0.3) is 16.0 Å². The Morgan fingerprint density at radius 3 is 3.00 bits per heavy atom. The average Bonchev–Trinajstić information content (AvgIpc) is 3.15. The molecule has 3 heterocycles. The van der Waals surface area contributed by atoms with Crippen molar-refractivity contribution in [2.45, 2.75) is 13.0 Å². The maximum absolute atomic E-state index is 12.4. The maximum Gasteiger partial charge on any atom is 0.280 e. The van der Waals surface area contributed by atoms with E-state index in [0.29, 0.717) is 16.7 Å². The van der Waals surface area contributed by atoms with E-state index in [-0.39, 0.29) is 11.7 Å². The van der Waals surface area contributed by atoms with Crippen molar-refractivity contribution in [3.8, 4) is 0 Å². The molecule has 0 aliphatic rings. The topological polar surface area (TPSA) is 105 Å². The minimum atomic E-state index is -0.543. The lowest BCUT2D eigenvalue weighted by Crippen LogP contribution is -2.33. The third kappa shape index (κ3) is 2.44. The number of nitrogens with zero attached hydrogens (tertiary/aromatic N) is 4. The summed E-state index contributed by atoms with van der Waals surface area (Å²) in [6, 6.07) is 6.68. The molecule has 0 spiro atoms. The summed E-state index contributed by atoms with van der Waals surface area (Å²) in [6.45, 7) is 1.79. The number of aromatic nitrogens is 5. The van der Waals surface area contributed by atoms with Crippen LogP contribution >= 0.6 is 11.3 Å². The number of para-hydroxylation sites is 2. The predicted octanol–water partition coefficient (Wildman–Crippen LogP) is 1.52. The fraction of sp³-hybridized carbons (Fsp3) is 0.133. The standard InChI is InChI=1S/C15H12N6O2S/c1-8(11-6-21-15(20-11)24-7-16-21)17-13(22)12-14(23)19-10-5-3-2-4-9(10)18-12/h2-8H,1H3,(H,17,22)(H,19,23). The van der Waals surface area contributed by atoms with Crippen LogP contribution in [0.2, 0.25) is 0 Å². The lowest BCUT2D eigenvalue weighted by Gasteiger charge is -2.10. The van der Waals surface area contributed by atoms with Gasteiger partial charge in [-0.15, -0.1) is 0 Å². The summed E-state index contributed by atoms with van der Waals surface area (Å²) in [6.07, 6.45) is 1.74. The zero-order valence-corrected chi connectivity index (χ0v) is 13.4. The second kappa shape index (κ2) is 5.53. The van der Waals surface area contributed by atoms with Gasteiger partial charge in [0.2, 0.25) is 4.96 Å². The fourth-order valence-corrected chi connectivity index (χ4v) is 3.00. The van der Waals surface area contributed by atoms with Gasteiger partial charge in [0.15, 0.2) is 5.69 Å².